The molecule has 46 heavy (non-hydrogen) atoms. The second kappa shape index (κ2) is 30.3. The van der Waals surface area contributed by atoms with E-state index in [-0.39, 0.29) is 19.2 Å². The molecule has 6 unspecified atom stereocenters. The molecule has 1 saturated heterocycles. The summed E-state index contributed by atoms with van der Waals surface area (Å²) in [4.78, 5) is 12.4. The Balaban J connectivity index is 2.14. The van der Waals surface area contributed by atoms with Gasteiger partial charge < -0.3 is 39.4 Å². The lowest BCUT2D eigenvalue weighted by Crippen LogP contribution is -2.59. The molecule has 0 saturated carbocycles. The lowest BCUT2D eigenvalue weighted by molar-refractivity contribution is -0.305. The Kier molecular flexibility index (Phi) is 28.4. The van der Waals surface area contributed by atoms with Crippen LogP contribution in [0.15, 0.2) is 0 Å². The van der Waals surface area contributed by atoms with E-state index in [1.165, 1.54) is 109 Å². The minimum absolute atomic E-state index is 0.109. The Hall–Kier alpha value is -0.810. The fraction of sp³-hybridized carbons (Fsp3) is 0.973. The van der Waals surface area contributed by atoms with Gasteiger partial charge in [-0.15, -0.1) is 0 Å². The molecule has 4 N–H and O–H groups in total. The van der Waals surface area contributed by atoms with Gasteiger partial charge in [0.25, 0.3) is 0 Å². The zero-order valence-electron chi connectivity index (χ0n) is 29.6. The van der Waals surface area contributed by atoms with Gasteiger partial charge in [-0.2, -0.15) is 0 Å². The van der Waals surface area contributed by atoms with Crippen molar-refractivity contribution in [3.8, 4) is 0 Å². The van der Waals surface area contributed by atoms with Crippen LogP contribution in [0.4, 0.5) is 0 Å². The van der Waals surface area contributed by atoms with Gasteiger partial charge in [0.15, 0.2) is 6.29 Å². The second-order valence-electron chi connectivity index (χ2n) is 13.4. The number of aliphatic hydroxyl groups excluding tert-OH is 4. The molecule has 9 heteroatoms. The summed E-state index contributed by atoms with van der Waals surface area (Å²) in [5.41, 5.74) is 0. The van der Waals surface area contributed by atoms with E-state index in [9.17, 15) is 25.2 Å². The van der Waals surface area contributed by atoms with Gasteiger partial charge in [0.05, 0.1) is 19.8 Å². The third-order valence-electron chi connectivity index (χ3n) is 9.02. The van der Waals surface area contributed by atoms with Crippen molar-refractivity contribution in [2.45, 2.75) is 205 Å². The predicted octanol–water partition coefficient (Wildman–Crippen LogP) is 7.13. The van der Waals surface area contributed by atoms with Crippen LogP contribution in [0.3, 0.4) is 0 Å². The highest BCUT2D eigenvalue weighted by atomic mass is 16.7. The molecule has 1 fully saturated rings. The van der Waals surface area contributed by atoms with E-state index in [1.54, 1.807) is 0 Å². The highest BCUT2D eigenvalue weighted by Crippen LogP contribution is 2.22. The Morgan fingerprint density at radius 1 is 0.609 bits per heavy atom. The first-order valence-corrected chi connectivity index (χ1v) is 19.1. The van der Waals surface area contributed by atoms with Gasteiger partial charge in [-0.25, -0.2) is 0 Å². The minimum atomic E-state index is -1.53. The molecule has 274 valence electrons. The van der Waals surface area contributed by atoms with Crippen molar-refractivity contribution in [1.29, 1.82) is 0 Å². The normalized spacial score (nSPS) is 22.3. The number of hydrogen-bond acceptors (Lipinski definition) is 9. The van der Waals surface area contributed by atoms with Crippen LogP contribution in [0.1, 0.15) is 168 Å². The van der Waals surface area contributed by atoms with E-state index < -0.39 is 43.4 Å². The maximum absolute atomic E-state index is 12.4. The summed E-state index contributed by atoms with van der Waals surface area (Å²) in [6, 6.07) is 0. The highest BCUT2D eigenvalue weighted by molar-refractivity contribution is 5.69. The van der Waals surface area contributed by atoms with Crippen LogP contribution in [-0.2, 0) is 23.7 Å². The number of ether oxygens (including phenoxy) is 4. The van der Waals surface area contributed by atoms with Crippen LogP contribution in [0.2, 0.25) is 0 Å². The summed E-state index contributed by atoms with van der Waals surface area (Å²) >= 11 is 0. The Morgan fingerprint density at radius 2 is 1.07 bits per heavy atom. The number of rotatable bonds is 32. The number of aliphatic hydroxyl groups is 4. The quantitative estimate of drug-likeness (QED) is 0.0439. The molecule has 1 aliphatic heterocycles. The van der Waals surface area contributed by atoms with Gasteiger partial charge in [-0.3, -0.25) is 4.79 Å². The molecule has 6 atom stereocenters. The van der Waals surface area contributed by atoms with Gasteiger partial charge in [0, 0.05) is 13.0 Å². The number of esters is 1. The van der Waals surface area contributed by atoms with Gasteiger partial charge in [0.2, 0.25) is 0 Å². The minimum Gasteiger partial charge on any atom is -0.457 e. The third-order valence-corrected chi connectivity index (χ3v) is 9.02. The first-order chi connectivity index (χ1) is 22.4. The van der Waals surface area contributed by atoms with Crippen molar-refractivity contribution in [3.63, 3.8) is 0 Å². The maximum atomic E-state index is 12.4. The first kappa shape index (κ1) is 43.2. The third kappa shape index (κ3) is 21.9. The van der Waals surface area contributed by atoms with E-state index in [0.717, 1.165) is 38.5 Å². The summed E-state index contributed by atoms with van der Waals surface area (Å²) in [6.45, 7) is 4.45. The van der Waals surface area contributed by atoms with Crippen LogP contribution in [0.25, 0.3) is 0 Å². The van der Waals surface area contributed by atoms with Crippen LogP contribution in [-0.4, -0.2) is 89.6 Å². The summed E-state index contributed by atoms with van der Waals surface area (Å²) in [5.74, 6) is -0.328. The summed E-state index contributed by atoms with van der Waals surface area (Å²) in [5, 5.41) is 39.7. The molecular weight excluding hydrogens is 588 g/mol. The zero-order valence-corrected chi connectivity index (χ0v) is 29.6. The zero-order chi connectivity index (χ0) is 33.7. The molecule has 0 aliphatic carbocycles. The highest BCUT2D eigenvalue weighted by Gasteiger charge is 2.44. The topological polar surface area (TPSA) is 135 Å². The van der Waals surface area contributed by atoms with Crippen LogP contribution in [0, 0.1) is 0 Å². The van der Waals surface area contributed by atoms with E-state index in [1.807, 2.05) is 0 Å². The number of unbranched alkanes of at least 4 members (excludes halogenated alkanes) is 21. The smallest absolute Gasteiger partial charge is 0.306 e. The SMILES string of the molecule is CCCCCCCCCCCCCCCCCCCCCOCC(COC1OC(CO)C(O)C(O)C1O)OC(=O)CCCCCC. The average molecular weight is 661 g/mol. The molecule has 9 nitrogen and oxygen atoms in total. The molecule has 0 bridgehead atoms. The van der Waals surface area contributed by atoms with Gasteiger partial charge >= 0.3 is 5.97 Å². The summed E-state index contributed by atoms with van der Waals surface area (Å²) in [6.07, 6.45) is 21.9. The van der Waals surface area contributed by atoms with Crippen molar-refractivity contribution in [2.75, 3.05) is 26.4 Å². The number of hydrogen-bond donors (Lipinski definition) is 4. The van der Waals surface area contributed by atoms with Gasteiger partial charge in [-0.1, -0.05) is 149 Å². The standard InChI is InChI=1S/C37H72O9/c1-3-5-7-9-10-11-12-13-14-15-16-17-18-19-20-21-22-23-25-27-43-29-31(45-33(39)26-24-8-6-4-2)30-44-37-36(42)35(41)34(40)32(28-38)46-37/h31-32,34-38,40-42H,3-30H2,1-2H3. The summed E-state index contributed by atoms with van der Waals surface area (Å²) in [7, 11) is 0. The van der Waals surface area contributed by atoms with Crippen molar-refractivity contribution in [1.82, 2.24) is 0 Å². The van der Waals surface area contributed by atoms with Crippen molar-refractivity contribution >= 4 is 5.97 Å². The van der Waals surface area contributed by atoms with Crippen LogP contribution < -0.4 is 0 Å². The predicted molar refractivity (Wildman–Crippen MR) is 183 cm³/mol. The van der Waals surface area contributed by atoms with E-state index in [2.05, 4.69) is 13.8 Å². The maximum Gasteiger partial charge on any atom is 0.306 e. The van der Waals surface area contributed by atoms with Crippen LogP contribution in [0.5, 0.6) is 0 Å². The number of carbonyl (C=O) groups excluding carboxylic acids is 1. The van der Waals surface area contributed by atoms with Crippen molar-refractivity contribution in [2.24, 2.45) is 0 Å². The molecule has 0 aromatic heterocycles. The Bertz CT molecular complexity index is 677. The molecular formula is C37H72O9. The van der Waals surface area contributed by atoms with Crippen LogP contribution >= 0.6 is 0 Å². The lowest BCUT2D eigenvalue weighted by Gasteiger charge is -2.39. The average Bonchev–Trinajstić information content (AvgIpc) is 3.05. The van der Waals surface area contributed by atoms with E-state index in [0.29, 0.717) is 13.0 Å². The van der Waals surface area contributed by atoms with Crippen molar-refractivity contribution < 1.29 is 44.2 Å². The second-order valence-corrected chi connectivity index (χ2v) is 13.4. The van der Waals surface area contributed by atoms with Gasteiger partial charge in [-0.05, 0) is 12.8 Å². The fourth-order valence-corrected chi connectivity index (χ4v) is 5.96. The molecule has 0 aromatic rings. The first-order valence-electron chi connectivity index (χ1n) is 19.1. The largest absolute Gasteiger partial charge is 0.457 e. The lowest BCUT2D eigenvalue weighted by atomic mass is 9.99. The molecule has 0 radical (unpaired) electrons. The number of carbonyl (C=O) groups is 1. The van der Waals surface area contributed by atoms with Crippen molar-refractivity contribution in [3.05, 3.63) is 0 Å². The molecule has 0 amide bonds. The molecule has 0 spiro atoms. The van der Waals surface area contributed by atoms with E-state index in [4.69, 9.17) is 18.9 Å². The fourth-order valence-electron chi connectivity index (χ4n) is 5.96. The Labute approximate surface area is 281 Å². The molecule has 1 aliphatic rings. The molecule has 1 heterocycles. The van der Waals surface area contributed by atoms with E-state index >= 15 is 0 Å². The summed E-state index contributed by atoms with van der Waals surface area (Å²) < 4.78 is 22.5. The molecule has 1 rings (SSSR count). The van der Waals surface area contributed by atoms with Gasteiger partial charge in [0.1, 0.15) is 30.5 Å². The molecule has 0 aromatic carbocycles. The Morgan fingerprint density at radius 3 is 1.54 bits per heavy atom. The monoisotopic (exact) mass is 661 g/mol.